The summed E-state index contributed by atoms with van der Waals surface area (Å²) in [5, 5.41) is 3.74. The molecule has 18 heavy (non-hydrogen) atoms. The second-order valence-electron chi connectivity index (χ2n) is 4.83. The van der Waals surface area contributed by atoms with Crippen molar-refractivity contribution in [2.45, 2.75) is 32.4 Å². The van der Waals surface area contributed by atoms with Gasteiger partial charge in [-0.15, -0.1) is 0 Å². The summed E-state index contributed by atoms with van der Waals surface area (Å²) in [5.74, 6) is -0.329. The van der Waals surface area contributed by atoms with Crippen molar-refractivity contribution >= 4 is 11.6 Å². The van der Waals surface area contributed by atoms with Gasteiger partial charge in [-0.05, 0) is 37.6 Å². The Morgan fingerprint density at radius 1 is 1.50 bits per heavy atom. The van der Waals surface area contributed by atoms with Crippen LogP contribution < -0.4 is 5.32 Å². The highest BCUT2D eigenvalue weighted by molar-refractivity contribution is 6.31. The van der Waals surface area contributed by atoms with E-state index in [1.165, 1.54) is 18.9 Å². The highest BCUT2D eigenvalue weighted by atomic mass is 35.5. The van der Waals surface area contributed by atoms with Gasteiger partial charge in [-0.25, -0.2) is 4.39 Å². The molecule has 1 N–H and O–H groups in total. The molecule has 0 spiro atoms. The Balaban J connectivity index is 1.98. The highest BCUT2D eigenvalue weighted by Gasteiger charge is 2.18. The lowest BCUT2D eigenvalue weighted by Crippen LogP contribution is -2.37. The zero-order valence-electron chi connectivity index (χ0n) is 10.8. The largest absolute Gasteiger partial charge is 0.313 e. The molecule has 0 saturated carbocycles. The fraction of sp³-hybridized carbons (Fsp3) is 0.571. The molecule has 0 aliphatic carbocycles. The molecule has 1 heterocycles. The fourth-order valence-electron chi connectivity index (χ4n) is 2.44. The summed E-state index contributed by atoms with van der Waals surface area (Å²) in [6.45, 7) is 5.91. The molecular weight excluding hydrogens is 251 g/mol. The van der Waals surface area contributed by atoms with Crippen LogP contribution in [0.15, 0.2) is 18.2 Å². The van der Waals surface area contributed by atoms with Gasteiger partial charge in [0.25, 0.3) is 0 Å². The van der Waals surface area contributed by atoms with Crippen molar-refractivity contribution in [3.63, 3.8) is 0 Å². The average Bonchev–Trinajstić information content (AvgIpc) is 2.86. The first-order chi connectivity index (χ1) is 8.70. The zero-order valence-corrected chi connectivity index (χ0v) is 11.5. The molecule has 1 fully saturated rings. The zero-order chi connectivity index (χ0) is 13.0. The maximum Gasteiger partial charge on any atom is 0.142 e. The first kappa shape index (κ1) is 13.8. The third-order valence-corrected chi connectivity index (χ3v) is 3.94. The molecule has 0 bridgehead atoms. The molecule has 2 rings (SSSR count). The predicted molar refractivity (Wildman–Crippen MR) is 73.4 cm³/mol. The van der Waals surface area contributed by atoms with Gasteiger partial charge in [0.05, 0.1) is 5.02 Å². The molecular formula is C14H20ClFN2. The molecule has 4 heteroatoms. The summed E-state index contributed by atoms with van der Waals surface area (Å²) in [6, 6.07) is 5.59. The number of hydrogen-bond donors (Lipinski definition) is 1. The second-order valence-corrected chi connectivity index (χ2v) is 5.21. The highest BCUT2D eigenvalue weighted by Crippen LogP contribution is 2.21. The SMILES string of the molecule is CCN(Cc1cccc(F)c1Cl)CC1CCCN1. The van der Waals surface area contributed by atoms with Crippen molar-refractivity contribution in [2.75, 3.05) is 19.6 Å². The smallest absolute Gasteiger partial charge is 0.142 e. The average molecular weight is 271 g/mol. The number of benzene rings is 1. The van der Waals surface area contributed by atoms with E-state index in [2.05, 4.69) is 17.1 Å². The van der Waals surface area contributed by atoms with Crippen LogP contribution >= 0.6 is 11.6 Å². The summed E-state index contributed by atoms with van der Waals surface area (Å²) < 4.78 is 13.4. The van der Waals surface area contributed by atoms with Crippen LogP contribution in [0, 0.1) is 5.82 Å². The molecule has 0 amide bonds. The van der Waals surface area contributed by atoms with Crippen molar-refractivity contribution in [3.05, 3.63) is 34.6 Å². The Labute approximate surface area is 113 Å². The van der Waals surface area contributed by atoms with Crippen molar-refractivity contribution in [3.8, 4) is 0 Å². The minimum Gasteiger partial charge on any atom is -0.313 e. The minimum atomic E-state index is -0.329. The fourth-order valence-corrected chi connectivity index (χ4v) is 2.63. The lowest BCUT2D eigenvalue weighted by atomic mass is 10.1. The van der Waals surface area contributed by atoms with Gasteiger partial charge in [0.1, 0.15) is 5.82 Å². The topological polar surface area (TPSA) is 15.3 Å². The van der Waals surface area contributed by atoms with Gasteiger partial charge in [0.2, 0.25) is 0 Å². The van der Waals surface area contributed by atoms with Crippen LogP contribution in [0.25, 0.3) is 0 Å². The first-order valence-corrected chi connectivity index (χ1v) is 6.97. The summed E-state index contributed by atoms with van der Waals surface area (Å²) in [5.41, 5.74) is 0.872. The minimum absolute atomic E-state index is 0.260. The number of hydrogen-bond acceptors (Lipinski definition) is 2. The van der Waals surface area contributed by atoms with Crippen molar-refractivity contribution in [1.82, 2.24) is 10.2 Å². The molecule has 1 unspecified atom stereocenters. The molecule has 1 aliphatic heterocycles. The molecule has 1 atom stereocenters. The van der Waals surface area contributed by atoms with Crippen molar-refractivity contribution < 1.29 is 4.39 Å². The Morgan fingerprint density at radius 3 is 3.00 bits per heavy atom. The number of nitrogens with zero attached hydrogens (tertiary/aromatic N) is 1. The van der Waals surface area contributed by atoms with E-state index in [1.807, 2.05) is 6.07 Å². The third kappa shape index (κ3) is 3.44. The Morgan fingerprint density at radius 2 is 2.33 bits per heavy atom. The van der Waals surface area contributed by atoms with Gasteiger partial charge in [-0.1, -0.05) is 30.7 Å². The van der Waals surface area contributed by atoms with Crippen LogP contribution in [0.2, 0.25) is 5.02 Å². The quantitative estimate of drug-likeness (QED) is 0.885. The molecule has 1 aromatic carbocycles. The molecule has 1 saturated heterocycles. The van der Waals surface area contributed by atoms with Crippen LogP contribution in [-0.2, 0) is 6.54 Å². The van der Waals surface area contributed by atoms with Gasteiger partial charge in [0, 0.05) is 19.1 Å². The van der Waals surface area contributed by atoms with E-state index in [0.29, 0.717) is 12.6 Å². The molecule has 0 radical (unpaired) electrons. The van der Waals surface area contributed by atoms with Crippen molar-refractivity contribution in [2.24, 2.45) is 0 Å². The number of rotatable bonds is 5. The van der Waals surface area contributed by atoms with E-state index >= 15 is 0 Å². The second kappa shape index (κ2) is 6.50. The predicted octanol–water partition coefficient (Wildman–Crippen LogP) is 3.05. The molecule has 2 nitrogen and oxygen atoms in total. The molecule has 100 valence electrons. The number of likely N-dealkylation sites (N-methyl/N-ethyl adjacent to an activating group) is 1. The van der Waals surface area contributed by atoms with Crippen LogP contribution in [0.4, 0.5) is 4.39 Å². The standard InChI is InChI=1S/C14H20ClFN2/c1-2-18(10-12-6-4-8-17-12)9-11-5-3-7-13(16)14(11)15/h3,5,7,12,17H,2,4,6,8-10H2,1H3. The van der Waals surface area contributed by atoms with Gasteiger partial charge in [-0.2, -0.15) is 0 Å². The van der Waals surface area contributed by atoms with E-state index in [9.17, 15) is 4.39 Å². The lowest BCUT2D eigenvalue weighted by molar-refractivity contribution is 0.253. The maximum atomic E-state index is 13.4. The summed E-state index contributed by atoms with van der Waals surface area (Å²) in [6.07, 6.45) is 2.48. The maximum absolute atomic E-state index is 13.4. The normalized spacial score (nSPS) is 19.7. The summed E-state index contributed by atoms with van der Waals surface area (Å²) in [7, 11) is 0. The number of nitrogens with one attached hydrogen (secondary N) is 1. The van der Waals surface area contributed by atoms with Gasteiger partial charge < -0.3 is 5.32 Å². The van der Waals surface area contributed by atoms with Crippen LogP contribution in [0.3, 0.4) is 0 Å². The van der Waals surface area contributed by atoms with Crippen molar-refractivity contribution in [1.29, 1.82) is 0 Å². The first-order valence-electron chi connectivity index (χ1n) is 6.59. The molecule has 1 aromatic rings. The van der Waals surface area contributed by atoms with E-state index in [4.69, 9.17) is 11.6 Å². The van der Waals surface area contributed by atoms with E-state index in [-0.39, 0.29) is 10.8 Å². The molecule has 0 aromatic heterocycles. The van der Waals surface area contributed by atoms with Gasteiger partial charge >= 0.3 is 0 Å². The van der Waals surface area contributed by atoms with Gasteiger partial charge in [0.15, 0.2) is 0 Å². The van der Waals surface area contributed by atoms with Gasteiger partial charge in [-0.3, -0.25) is 4.90 Å². The van der Waals surface area contributed by atoms with Crippen LogP contribution in [-0.4, -0.2) is 30.6 Å². The monoisotopic (exact) mass is 270 g/mol. The lowest BCUT2D eigenvalue weighted by Gasteiger charge is -2.24. The number of halogens is 2. The van der Waals surface area contributed by atoms with E-state index < -0.39 is 0 Å². The van der Waals surface area contributed by atoms with Crippen LogP contribution in [0.1, 0.15) is 25.3 Å². The summed E-state index contributed by atoms with van der Waals surface area (Å²) >= 11 is 5.99. The summed E-state index contributed by atoms with van der Waals surface area (Å²) in [4.78, 5) is 2.31. The van der Waals surface area contributed by atoms with E-state index in [1.54, 1.807) is 6.07 Å². The Hall–Kier alpha value is -0.640. The Kier molecular flexibility index (Phi) is 4.98. The third-order valence-electron chi connectivity index (χ3n) is 3.51. The Bertz CT molecular complexity index is 391. The van der Waals surface area contributed by atoms with E-state index in [0.717, 1.165) is 25.2 Å². The van der Waals surface area contributed by atoms with Crippen LogP contribution in [0.5, 0.6) is 0 Å². The molecule has 1 aliphatic rings.